The van der Waals surface area contributed by atoms with Gasteiger partial charge in [-0.2, -0.15) is 13.2 Å². The van der Waals surface area contributed by atoms with Gasteiger partial charge < -0.3 is 10.4 Å². The molecule has 0 spiro atoms. The third-order valence-corrected chi connectivity index (χ3v) is 4.27. The highest BCUT2D eigenvalue weighted by Crippen LogP contribution is 2.32. The van der Waals surface area contributed by atoms with Crippen molar-refractivity contribution in [1.82, 2.24) is 0 Å². The minimum absolute atomic E-state index is 0.0420. The van der Waals surface area contributed by atoms with Crippen LogP contribution in [0.15, 0.2) is 72.8 Å². The Kier molecular flexibility index (Phi) is 5.68. The number of alkyl halides is 3. The van der Waals surface area contributed by atoms with Crippen LogP contribution in [0.25, 0.3) is 11.1 Å². The van der Waals surface area contributed by atoms with E-state index in [0.717, 1.165) is 12.1 Å². The van der Waals surface area contributed by atoms with Crippen molar-refractivity contribution in [3.8, 4) is 11.1 Å². The summed E-state index contributed by atoms with van der Waals surface area (Å²) in [6.07, 6.45) is -4.59. The summed E-state index contributed by atoms with van der Waals surface area (Å²) in [7, 11) is 0. The van der Waals surface area contributed by atoms with Crippen LogP contribution in [-0.4, -0.2) is 17.0 Å². The van der Waals surface area contributed by atoms with E-state index in [-0.39, 0.29) is 12.0 Å². The van der Waals surface area contributed by atoms with E-state index in [1.807, 2.05) is 0 Å². The average Bonchev–Trinajstić information content (AvgIpc) is 2.68. The van der Waals surface area contributed by atoms with Crippen molar-refractivity contribution in [3.63, 3.8) is 0 Å². The molecule has 2 N–H and O–H groups in total. The second kappa shape index (κ2) is 8.18. The van der Waals surface area contributed by atoms with Crippen LogP contribution in [-0.2, 0) is 17.4 Å². The molecular weight excluding hydrogens is 383 g/mol. The zero-order valence-electron chi connectivity index (χ0n) is 15.0. The van der Waals surface area contributed by atoms with Crippen LogP contribution in [0.4, 0.5) is 18.9 Å². The van der Waals surface area contributed by atoms with E-state index in [2.05, 4.69) is 5.32 Å². The number of hydrogen-bond acceptors (Lipinski definition) is 2. The Balaban J connectivity index is 1.79. The standard InChI is InChI=1S/C22H16F3NO3/c23-22(24,25)17-8-3-6-14(11-17)15-7-4-9-18(12-15)26-20(27)13-16-5-1-2-10-19(16)21(28)29/h1-12H,13H2,(H,26,27)(H,28,29). The zero-order valence-corrected chi connectivity index (χ0v) is 15.0. The first-order chi connectivity index (χ1) is 13.7. The molecule has 0 heterocycles. The minimum Gasteiger partial charge on any atom is -0.478 e. The molecule has 0 aliphatic heterocycles. The van der Waals surface area contributed by atoms with Gasteiger partial charge in [0.25, 0.3) is 0 Å². The van der Waals surface area contributed by atoms with Crippen molar-refractivity contribution in [2.45, 2.75) is 12.6 Å². The molecule has 0 saturated carbocycles. The molecule has 0 aromatic heterocycles. The molecule has 0 atom stereocenters. The van der Waals surface area contributed by atoms with Gasteiger partial charge in [0.2, 0.25) is 5.91 Å². The van der Waals surface area contributed by atoms with E-state index in [9.17, 15) is 27.9 Å². The number of amides is 1. The van der Waals surface area contributed by atoms with E-state index in [4.69, 9.17) is 0 Å². The van der Waals surface area contributed by atoms with Gasteiger partial charge in [-0.05, 0) is 47.0 Å². The highest BCUT2D eigenvalue weighted by molar-refractivity contribution is 5.96. The molecule has 1 amide bonds. The van der Waals surface area contributed by atoms with Gasteiger partial charge in [-0.3, -0.25) is 4.79 Å². The molecule has 0 fully saturated rings. The Bertz CT molecular complexity index is 1060. The van der Waals surface area contributed by atoms with Gasteiger partial charge in [-0.1, -0.05) is 42.5 Å². The number of carboxylic acid groups (broad SMARTS) is 1. The predicted octanol–water partition coefficient (Wildman–Crippen LogP) is 5.25. The maximum atomic E-state index is 12.9. The van der Waals surface area contributed by atoms with Gasteiger partial charge in [0.05, 0.1) is 17.5 Å². The fraction of sp³-hybridized carbons (Fsp3) is 0.0909. The molecule has 7 heteroatoms. The Morgan fingerprint density at radius 3 is 2.21 bits per heavy atom. The number of carbonyl (C=O) groups excluding carboxylic acids is 1. The Labute approximate surface area is 164 Å². The predicted molar refractivity (Wildman–Crippen MR) is 103 cm³/mol. The van der Waals surface area contributed by atoms with Crippen LogP contribution in [0.3, 0.4) is 0 Å². The van der Waals surface area contributed by atoms with Crippen molar-refractivity contribution in [2.75, 3.05) is 5.32 Å². The molecule has 3 rings (SSSR count). The van der Waals surface area contributed by atoms with Crippen LogP contribution in [0.1, 0.15) is 21.5 Å². The number of benzene rings is 3. The molecule has 0 unspecified atom stereocenters. The summed E-state index contributed by atoms with van der Waals surface area (Å²) in [5.41, 5.74) is 0.936. The summed E-state index contributed by atoms with van der Waals surface area (Å²) in [6.45, 7) is 0. The molecule has 3 aromatic rings. The summed E-state index contributed by atoms with van der Waals surface area (Å²) < 4.78 is 38.8. The highest BCUT2D eigenvalue weighted by atomic mass is 19.4. The van der Waals surface area contributed by atoms with Crippen molar-refractivity contribution in [1.29, 1.82) is 0 Å². The van der Waals surface area contributed by atoms with Crippen molar-refractivity contribution < 1.29 is 27.9 Å². The van der Waals surface area contributed by atoms with Gasteiger partial charge in [-0.25, -0.2) is 4.79 Å². The van der Waals surface area contributed by atoms with E-state index in [1.165, 1.54) is 12.1 Å². The third kappa shape index (κ3) is 5.01. The van der Waals surface area contributed by atoms with Gasteiger partial charge >= 0.3 is 12.1 Å². The summed E-state index contributed by atoms with van der Waals surface area (Å²) in [4.78, 5) is 23.6. The SMILES string of the molecule is O=C(Cc1ccccc1C(=O)O)Nc1cccc(-c2cccc(C(F)(F)F)c2)c1. The first-order valence-electron chi connectivity index (χ1n) is 8.63. The third-order valence-electron chi connectivity index (χ3n) is 4.27. The maximum Gasteiger partial charge on any atom is 0.416 e. The minimum atomic E-state index is -4.45. The van der Waals surface area contributed by atoms with E-state index < -0.39 is 23.6 Å². The molecule has 0 aliphatic rings. The number of carboxylic acids is 1. The number of carbonyl (C=O) groups is 2. The lowest BCUT2D eigenvalue weighted by molar-refractivity contribution is -0.137. The number of nitrogens with one attached hydrogen (secondary N) is 1. The zero-order chi connectivity index (χ0) is 21.0. The second-order valence-corrected chi connectivity index (χ2v) is 6.35. The number of rotatable bonds is 5. The lowest BCUT2D eigenvalue weighted by Gasteiger charge is -2.11. The van der Waals surface area contributed by atoms with Crippen LogP contribution in [0.2, 0.25) is 0 Å². The van der Waals surface area contributed by atoms with Crippen LogP contribution >= 0.6 is 0 Å². The van der Waals surface area contributed by atoms with Crippen molar-refractivity contribution in [2.24, 2.45) is 0 Å². The molecule has 0 saturated heterocycles. The normalized spacial score (nSPS) is 11.1. The summed E-state index contributed by atoms with van der Waals surface area (Å²) >= 11 is 0. The van der Waals surface area contributed by atoms with Gasteiger partial charge in [-0.15, -0.1) is 0 Å². The average molecular weight is 399 g/mol. The summed E-state index contributed by atoms with van der Waals surface area (Å²) in [5, 5.41) is 11.9. The van der Waals surface area contributed by atoms with Crippen molar-refractivity contribution in [3.05, 3.63) is 89.5 Å². The number of anilines is 1. The number of aromatic carboxylic acids is 1. The number of hydrogen-bond donors (Lipinski definition) is 2. The fourth-order valence-corrected chi connectivity index (χ4v) is 2.91. The van der Waals surface area contributed by atoms with Crippen LogP contribution in [0, 0.1) is 0 Å². The lowest BCUT2D eigenvalue weighted by atomic mass is 10.0. The van der Waals surface area contributed by atoms with Gasteiger partial charge in [0.15, 0.2) is 0 Å². The Morgan fingerprint density at radius 2 is 1.52 bits per heavy atom. The van der Waals surface area contributed by atoms with Gasteiger partial charge in [0, 0.05) is 5.69 Å². The lowest BCUT2D eigenvalue weighted by Crippen LogP contribution is -2.16. The smallest absolute Gasteiger partial charge is 0.416 e. The van der Waals surface area contributed by atoms with Crippen LogP contribution in [0.5, 0.6) is 0 Å². The van der Waals surface area contributed by atoms with E-state index >= 15 is 0 Å². The monoisotopic (exact) mass is 399 g/mol. The topological polar surface area (TPSA) is 66.4 Å². The largest absolute Gasteiger partial charge is 0.478 e. The molecule has 0 bridgehead atoms. The molecule has 3 aromatic carbocycles. The Morgan fingerprint density at radius 1 is 0.862 bits per heavy atom. The molecule has 0 aliphatic carbocycles. The molecule has 29 heavy (non-hydrogen) atoms. The van der Waals surface area contributed by atoms with Crippen LogP contribution < -0.4 is 5.32 Å². The summed E-state index contributed by atoms with van der Waals surface area (Å²) in [5.74, 6) is -1.56. The maximum absolute atomic E-state index is 12.9. The Hall–Kier alpha value is -3.61. The first-order valence-corrected chi connectivity index (χ1v) is 8.63. The highest BCUT2D eigenvalue weighted by Gasteiger charge is 2.30. The first kappa shape index (κ1) is 20.1. The van der Waals surface area contributed by atoms with Gasteiger partial charge in [0.1, 0.15) is 0 Å². The molecule has 4 nitrogen and oxygen atoms in total. The number of halogens is 3. The molecule has 148 valence electrons. The van der Waals surface area contributed by atoms with Crippen molar-refractivity contribution >= 4 is 17.6 Å². The quantitative estimate of drug-likeness (QED) is 0.616. The summed E-state index contributed by atoms with van der Waals surface area (Å²) in [6, 6.07) is 17.6. The second-order valence-electron chi connectivity index (χ2n) is 6.35. The van der Waals surface area contributed by atoms with E-state index in [1.54, 1.807) is 48.5 Å². The van der Waals surface area contributed by atoms with E-state index in [0.29, 0.717) is 22.4 Å². The fourth-order valence-electron chi connectivity index (χ4n) is 2.91. The molecule has 0 radical (unpaired) electrons. The molecular formula is C22H16F3NO3.